The Balaban J connectivity index is 0.946. The molecule has 2 aliphatic heterocycles. The second-order valence-electron chi connectivity index (χ2n) is 34.8. The fraction of sp³-hybridized carbons (Fsp3) is 0.159. The van der Waals surface area contributed by atoms with Crippen molar-refractivity contribution in [3.8, 4) is 50.4 Å². The Kier molecular flexibility index (Phi) is 12.4. The van der Waals surface area contributed by atoms with Crippen LogP contribution in [0.15, 0.2) is 315 Å². The van der Waals surface area contributed by atoms with Gasteiger partial charge in [0.2, 0.25) is 0 Å². The van der Waals surface area contributed by atoms with Crippen LogP contribution in [0.1, 0.15) is 146 Å². The second kappa shape index (κ2) is 25.0. The number of thiophene rings is 1. The average molecular weight is 1490 g/mol. The van der Waals surface area contributed by atoms with Crippen molar-refractivity contribution in [3.05, 3.63) is 354 Å². The van der Waals surface area contributed by atoms with Crippen LogP contribution in [0.3, 0.4) is 0 Å². The summed E-state index contributed by atoms with van der Waals surface area (Å²) >= 11 is 1.71. The van der Waals surface area contributed by atoms with E-state index in [4.69, 9.17) is 4.11 Å². The molecule has 0 saturated carbocycles. The van der Waals surface area contributed by atoms with Crippen molar-refractivity contribution in [1.82, 2.24) is 13.7 Å². The molecule has 4 aromatic heterocycles. The van der Waals surface area contributed by atoms with Crippen LogP contribution >= 0.6 is 11.3 Å². The lowest BCUT2D eigenvalue weighted by atomic mass is 9.75. The zero-order chi connectivity index (χ0) is 88.2. The van der Waals surface area contributed by atoms with Crippen molar-refractivity contribution >= 4 is 131 Å². The Hall–Kier alpha value is -12.5. The predicted molar refractivity (Wildman–Crippen MR) is 484 cm³/mol. The Morgan fingerprint density at radius 2 is 0.681 bits per heavy atom. The number of nitrogens with zero attached hydrogens (tertiary/aromatic N) is 5. The van der Waals surface area contributed by atoms with Crippen molar-refractivity contribution in [3.63, 3.8) is 0 Å². The van der Waals surface area contributed by atoms with E-state index >= 15 is 0 Å². The van der Waals surface area contributed by atoms with E-state index in [-0.39, 0.29) is 61.1 Å². The number of hydrogen-bond acceptors (Lipinski definition) is 3. The third-order valence-corrected chi connectivity index (χ3v) is 25.0. The molecule has 0 N–H and O–H groups in total. The van der Waals surface area contributed by atoms with Gasteiger partial charge >= 0.3 is 0 Å². The molecule has 0 amide bonds. The zero-order valence-electron chi connectivity index (χ0n) is 78.2. The quantitative estimate of drug-likeness (QED) is 0.151. The van der Waals surface area contributed by atoms with E-state index in [0.717, 1.165) is 137 Å². The summed E-state index contributed by atoms with van der Waals surface area (Å²) in [5, 5.41) is 6.38. The molecular weight excluding hydrogens is 1390 g/mol. The minimum atomic E-state index is -0.703. The number of fused-ring (bicyclic) bond motifs is 16. The smallest absolute Gasteiger partial charge is 0.0645 e. The molecule has 1 unspecified atom stereocenters. The van der Waals surface area contributed by atoms with E-state index in [1.807, 2.05) is 66.7 Å². The first-order valence-electron chi connectivity index (χ1n) is 45.5. The fourth-order valence-corrected chi connectivity index (χ4v) is 19.2. The maximum Gasteiger partial charge on any atom is 0.0645 e. The van der Waals surface area contributed by atoms with Gasteiger partial charge in [0.25, 0.3) is 0 Å². The molecule has 0 fully saturated rings. The van der Waals surface area contributed by atoms with Crippen LogP contribution in [-0.2, 0) is 21.7 Å². The minimum Gasteiger partial charge on any atom is -0.310 e. The summed E-state index contributed by atoms with van der Waals surface area (Å²) in [5.41, 5.74) is 21.3. The molecule has 0 aliphatic carbocycles. The van der Waals surface area contributed by atoms with Gasteiger partial charge in [0.05, 0.1) is 100 Å². The summed E-state index contributed by atoms with van der Waals surface area (Å²) in [5.74, 6) is -0.703. The van der Waals surface area contributed by atoms with Gasteiger partial charge in [-0.2, -0.15) is 0 Å². The van der Waals surface area contributed by atoms with Crippen LogP contribution in [0.25, 0.3) is 136 Å². The van der Waals surface area contributed by atoms with E-state index in [0.29, 0.717) is 22.6 Å². The molecule has 2 aliphatic rings. The van der Waals surface area contributed by atoms with Gasteiger partial charge in [0.1, 0.15) is 0 Å². The first-order valence-corrected chi connectivity index (χ1v) is 39.8. The maximum atomic E-state index is 9.94. The van der Waals surface area contributed by atoms with Gasteiger partial charge in [-0.25, -0.2) is 0 Å². The van der Waals surface area contributed by atoms with Crippen LogP contribution in [0.5, 0.6) is 0 Å². The van der Waals surface area contributed by atoms with E-state index in [1.54, 1.807) is 15.9 Å². The largest absolute Gasteiger partial charge is 0.310 e. The Labute approximate surface area is 683 Å². The topological polar surface area (TPSA) is 21.3 Å². The monoisotopic (exact) mass is 1490 g/mol. The molecule has 19 aromatic rings. The minimum absolute atomic E-state index is 0.0224. The third-order valence-electron chi connectivity index (χ3n) is 23.7. The summed E-state index contributed by atoms with van der Waals surface area (Å²) in [6, 6.07) is 78.5. The molecule has 0 radical (unpaired) electrons. The molecule has 5 nitrogen and oxygen atoms in total. The number of hydrogen-bond donors (Lipinski definition) is 0. The van der Waals surface area contributed by atoms with E-state index < -0.39 is 72.4 Å². The predicted octanol–water partition coefficient (Wildman–Crippen LogP) is 30.3. The normalized spacial score (nSPS) is 15.5. The van der Waals surface area contributed by atoms with E-state index in [1.165, 1.54) is 22.3 Å². The number of rotatable bonds is 8. The molecule has 21 rings (SSSR count). The molecule has 6 heteroatoms. The highest BCUT2D eigenvalue weighted by molar-refractivity contribution is 7.26. The van der Waals surface area contributed by atoms with E-state index in [9.17, 15) is 13.7 Å². The maximum absolute atomic E-state index is 9.94. The molecule has 113 heavy (non-hydrogen) atoms. The van der Waals surface area contributed by atoms with Gasteiger partial charge in [-0.05, 0) is 210 Å². The summed E-state index contributed by atoms with van der Waals surface area (Å²) in [4.78, 5) is 4.68. The number of anilines is 6. The standard InChI is InChI=1S/C107H89N5S/c1-104(2,3)71-43-50-90-84(58-71)85-59-72(105(4,5)6)44-51-91(85)109(90)77-63-98-101-99(64-77)112(95-41-27-37-81-80-36-26-40-94(102(80)113-103(81)95)111-92-52-45-73(106(7,8)9)60-86(92)87-61-74(107(10,11)12)46-53-93(87)111)97-62-75(108-88-38-24-22-34-78(88)79-35-23-25-39-89(79)108)47-49-83(97)100(101)82-48-42-68(65-28-16-13-17-29-65)57-96(82)110(98)76-55-69(66-30-18-14-19-31-66)54-70(56-76)67-32-20-15-21-33-67/h13-64,100H,1-12H3/i13D,16D,17D,22D,23D,24D,25D,28D,29D,34D,35D,38D,39D. The van der Waals surface area contributed by atoms with Crippen molar-refractivity contribution in [2.75, 3.05) is 9.80 Å². The average Bonchev–Trinajstić information content (AvgIpc) is 1.09. The third kappa shape index (κ3) is 10.8. The van der Waals surface area contributed by atoms with Crippen molar-refractivity contribution in [2.45, 2.75) is 111 Å². The van der Waals surface area contributed by atoms with Gasteiger partial charge in [-0.1, -0.05) is 277 Å². The van der Waals surface area contributed by atoms with Gasteiger partial charge in [-0.3, -0.25) is 0 Å². The Morgan fingerprint density at radius 3 is 1.19 bits per heavy atom. The highest BCUT2D eigenvalue weighted by Crippen LogP contribution is 2.64. The van der Waals surface area contributed by atoms with Crippen molar-refractivity contribution in [1.29, 1.82) is 0 Å². The van der Waals surface area contributed by atoms with Crippen LogP contribution in [0.4, 0.5) is 34.1 Å². The van der Waals surface area contributed by atoms with Gasteiger partial charge in [0, 0.05) is 65.9 Å². The molecule has 548 valence electrons. The SMILES string of the molecule is [2H]c1c([2H])c([2H])c(-c2ccc3c(c2)N(c2cc(-c4ccccc4)cc(-c4ccccc4)c2)c2cc(-n4c5ccc(C(C)(C)C)cc5c5cc(C(C)(C)C)ccc54)cc4c2C3c2ccc(-n3c5c([2H])c([2H])c([2H])c([2H])c5c5c([2H])c([2H])c([2H])c([2H])c53)cc2N4c2cccc3c2sc2c(-n4c5ccc(C(C)(C)C)cc5c5cc(C(C)(C)C)ccc54)cccc23)c([2H])c1[2H]. The number of aromatic nitrogens is 3. The molecule has 0 spiro atoms. The first-order chi connectivity index (χ1) is 60.0. The highest BCUT2D eigenvalue weighted by atomic mass is 32.1. The van der Waals surface area contributed by atoms with Crippen molar-refractivity contribution in [2.24, 2.45) is 0 Å². The van der Waals surface area contributed by atoms with Crippen LogP contribution < -0.4 is 9.80 Å². The number of para-hydroxylation sites is 2. The van der Waals surface area contributed by atoms with E-state index in [2.05, 4.69) is 272 Å². The first kappa shape index (κ1) is 55.8. The molecule has 15 aromatic carbocycles. The van der Waals surface area contributed by atoms with Crippen LogP contribution in [-0.4, -0.2) is 13.7 Å². The lowest BCUT2D eigenvalue weighted by molar-refractivity contribution is 0.590. The van der Waals surface area contributed by atoms with Gasteiger partial charge in [0.15, 0.2) is 0 Å². The number of benzene rings is 15. The lowest BCUT2D eigenvalue weighted by Gasteiger charge is -2.46. The summed E-state index contributed by atoms with van der Waals surface area (Å²) in [7, 11) is 0. The molecule has 0 saturated heterocycles. The van der Waals surface area contributed by atoms with Crippen molar-refractivity contribution < 1.29 is 17.8 Å². The highest BCUT2D eigenvalue weighted by Gasteiger charge is 2.43. The van der Waals surface area contributed by atoms with Gasteiger partial charge in [-0.15, -0.1) is 11.3 Å². The summed E-state index contributed by atoms with van der Waals surface area (Å²) in [6.07, 6.45) is 0. The second-order valence-corrected chi connectivity index (χ2v) is 35.8. The van der Waals surface area contributed by atoms with Gasteiger partial charge < -0.3 is 23.5 Å². The summed E-state index contributed by atoms with van der Waals surface area (Å²) in [6.45, 7) is 27.0. The summed E-state index contributed by atoms with van der Waals surface area (Å²) < 4.78 is 131. The van der Waals surface area contributed by atoms with Crippen LogP contribution in [0, 0.1) is 0 Å². The molecule has 1 atom stereocenters. The molecule has 6 heterocycles. The molecular formula is C107H89N5S. The lowest BCUT2D eigenvalue weighted by Crippen LogP contribution is -2.30. The Morgan fingerprint density at radius 1 is 0.257 bits per heavy atom. The zero-order valence-corrected chi connectivity index (χ0v) is 66.1. The molecule has 0 bridgehead atoms. The van der Waals surface area contributed by atoms with Crippen LogP contribution in [0.2, 0.25) is 0 Å². The Bertz CT molecular complexity index is 7700. The fourth-order valence-electron chi connectivity index (χ4n) is 17.9.